The molecule has 0 saturated heterocycles. The van der Waals surface area contributed by atoms with Crippen LogP contribution < -0.4 is 10.5 Å². The second-order valence-electron chi connectivity index (χ2n) is 6.24. The van der Waals surface area contributed by atoms with Gasteiger partial charge in [-0.25, -0.2) is 17.5 Å². The molecule has 1 atom stereocenters. The van der Waals surface area contributed by atoms with Crippen molar-refractivity contribution in [2.24, 2.45) is 11.3 Å². The largest absolute Gasteiger partial charge is 0.398 e. The molecule has 1 aromatic rings. The number of hydrogen-bond acceptors (Lipinski definition) is 3. The summed E-state index contributed by atoms with van der Waals surface area (Å²) in [6, 6.07) is 2.28. The highest BCUT2D eigenvalue weighted by molar-refractivity contribution is 7.89. The van der Waals surface area contributed by atoms with E-state index >= 15 is 0 Å². The third-order valence-corrected chi connectivity index (χ3v) is 5.13. The van der Waals surface area contributed by atoms with Crippen LogP contribution in [0, 0.1) is 24.1 Å². The Kier molecular flexibility index (Phi) is 4.82. The van der Waals surface area contributed by atoms with Crippen molar-refractivity contribution in [1.82, 2.24) is 4.72 Å². The number of rotatable bonds is 4. The molecule has 0 saturated carbocycles. The van der Waals surface area contributed by atoms with Crippen molar-refractivity contribution in [1.29, 1.82) is 0 Å². The van der Waals surface area contributed by atoms with Gasteiger partial charge in [0.15, 0.2) is 0 Å². The summed E-state index contributed by atoms with van der Waals surface area (Å²) >= 11 is 0. The SMILES string of the molecule is Cc1c(N)cc(S(=O)(=O)NCC(C)C(C)(C)C)cc1F. The number of hydrogen-bond donors (Lipinski definition) is 2. The van der Waals surface area contributed by atoms with Crippen LogP contribution in [-0.4, -0.2) is 15.0 Å². The molecule has 1 aromatic carbocycles. The van der Waals surface area contributed by atoms with Crippen molar-refractivity contribution in [3.05, 3.63) is 23.5 Å². The maximum Gasteiger partial charge on any atom is 0.240 e. The number of anilines is 1. The van der Waals surface area contributed by atoms with E-state index in [1.807, 2.05) is 27.7 Å². The van der Waals surface area contributed by atoms with E-state index in [9.17, 15) is 12.8 Å². The summed E-state index contributed by atoms with van der Waals surface area (Å²) in [5.41, 5.74) is 5.99. The van der Waals surface area contributed by atoms with Gasteiger partial charge in [-0.1, -0.05) is 27.7 Å². The fourth-order valence-corrected chi connectivity index (χ4v) is 2.63. The second kappa shape index (κ2) is 5.69. The number of halogens is 1. The van der Waals surface area contributed by atoms with Gasteiger partial charge in [0.2, 0.25) is 10.0 Å². The molecular formula is C14H23FN2O2S. The minimum Gasteiger partial charge on any atom is -0.398 e. The van der Waals surface area contributed by atoms with E-state index in [1.165, 1.54) is 13.0 Å². The fourth-order valence-electron chi connectivity index (χ4n) is 1.45. The lowest BCUT2D eigenvalue weighted by atomic mass is 9.82. The van der Waals surface area contributed by atoms with Gasteiger partial charge in [0.25, 0.3) is 0 Å². The van der Waals surface area contributed by atoms with Gasteiger partial charge >= 0.3 is 0 Å². The Labute approximate surface area is 120 Å². The second-order valence-corrected chi connectivity index (χ2v) is 8.01. The van der Waals surface area contributed by atoms with Crippen LogP contribution in [0.15, 0.2) is 17.0 Å². The molecule has 0 aromatic heterocycles. The normalized spacial score (nSPS) is 14.3. The van der Waals surface area contributed by atoms with Crippen LogP contribution in [0.3, 0.4) is 0 Å². The predicted molar refractivity (Wildman–Crippen MR) is 79.4 cm³/mol. The molecule has 114 valence electrons. The standard InChI is InChI=1S/C14H23FN2O2S/c1-9(14(3,4)5)8-17-20(18,19)11-6-12(15)10(2)13(16)7-11/h6-7,9,17H,8,16H2,1-5H3. The van der Waals surface area contributed by atoms with E-state index in [0.717, 1.165) is 6.07 Å². The monoisotopic (exact) mass is 302 g/mol. The van der Waals surface area contributed by atoms with Crippen molar-refractivity contribution < 1.29 is 12.8 Å². The van der Waals surface area contributed by atoms with Gasteiger partial charge in [0.1, 0.15) is 5.82 Å². The molecule has 0 radical (unpaired) electrons. The van der Waals surface area contributed by atoms with Gasteiger partial charge in [-0.3, -0.25) is 0 Å². The van der Waals surface area contributed by atoms with Crippen molar-refractivity contribution >= 4 is 15.7 Å². The third kappa shape index (κ3) is 3.93. The van der Waals surface area contributed by atoms with Crippen LogP contribution in [0.4, 0.5) is 10.1 Å². The van der Waals surface area contributed by atoms with E-state index in [1.54, 1.807) is 0 Å². The molecule has 0 aliphatic rings. The first-order valence-corrected chi connectivity index (χ1v) is 7.98. The maximum absolute atomic E-state index is 13.6. The van der Waals surface area contributed by atoms with E-state index in [0.29, 0.717) is 6.54 Å². The third-order valence-electron chi connectivity index (χ3n) is 3.73. The lowest BCUT2D eigenvalue weighted by Crippen LogP contribution is -2.33. The Morgan fingerprint density at radius 2 is 1.90 bits per heavy atom. The van der Waals surface area contributed by atoms with Gasteiger partial charge in [-0.2, -0.15) is 0 Å². The fraction of sp³-hybridized carbons (Fsp3) is 0.571. The first-order valence-electron chi connectivity index (χ1n) is 6.50. The quantitative estimate of drug-likeness (QED) is 0.840. The minimum absolute atomic E-state index is 0.0138. The zero-order chi connectivity index (χ0) is 15.7. The topological polar surface area (TPSA) is 72.2 Å². The molecule has 3 N–H and O–H groups in total. The highest BCUT2D eigenvalue weighted by Gasteiger charge is 2.23. The van der Waals surface area contributed by atoms with Crippen molar-refractivity contribution in [3.63, 3.8) is 0 Å². The summed E-state index contributed by atoms with van der Waals surface area (Å²) in [4.78, 5) is -0.140. The average molecular weight is 302 g/mol. The summed E-state index contributed by atoms with van der Waals surface area (Å²) in [5.74, 6) is -0.473. The van der Waals surface area contributed by atoms with Gasteiger partial charge < -0.3 is 5.73 Å². The van der Waals surface area contributed by atoms with Crippen LogP contribution in [0.1, 0.15) is 33.3 Å². The zero-order valence-electron chi connectivity index (χ0n) is 12.6. The maximum atomic E-state index is 13.6. The Morgan fingerprint density at radius 1 is 1.35 bits per heavy atom. The Balaban J connectivity index is 2.96. The molecule has 0 heterocycles. The van der Waals surface area contributed by atoms with E-state index < -0.39 is 15.8 Å². The summed E-state index contributed by atoms with van der Waals surface area (Å²) in [5, 5.41) is 0. The van der Waals surface area contributed by atoms with Gasteiger partial charge in [-0.15, -0.1) is 0 Å². The Morgan fingerprint density at radius 3 is 2.35 bits per heavy atom. The van der Waals surface area contributed by atoms with Gasteiger partial charge in [0, 0.05) is 17.8 Å². The number of benzene rings is 1. The van der Waals surface area contributed by atoms with E-state index in [2.05, 4.69) is 4.72 Å². The van der Waals surface area contributed by atoms with Crippen LogP contribution in [0.25, 0.3) is 0 Å². The summed E-state index contributed by atoms with van der Waals surface area (Å²) in [6.07, 6.45) is 0. The van der Waals surface area contributed by atoms with Crippen LogP contribution in [0.5, 0.6) is 0 Å². The molecule has 0 aliphatic carbocycles. The molecule has 0 spiro atoms. The first-order chi connectivity index (χ1) is 8.95. The summed E-state index contributed by atoms with van der Waals surface area (Å²) in [6.45, 7) is 9.88. The van der Waals surface area contributed by atoms with Crippen molar-refractivity contribution in [3.8, 4) is 0 Å². The molecule has 6 heteroatoms. The van der Waals surface area contributed by atoms with Gasteiger partial charge in [-0.05, 0) is 30.4 Å². The minimum atomic E-state index is -3.75. The van der Waals surface area contributed by atoms with Crippen LogP contribution >= 0.6 is 0 Å². The van der Waals surface area contributed by atoms with Crippen LogP contribution in [-0.2, 0) is 10.0 Å². The van der Waals surface area contributed by atoms with Crippen LogP contribution in [0.2, 0.25) is 0 Å². The number of nitrogens with one attached hydrogen (secondary N) is 1. The smallest absolute Gasteiger partial charge is 0.240 e. The van der Waals surface area contributed by atoms with E-state index in [-0.39, 0.29) is 27.5 Å². The molecule has 20 heavy (non-hydrogen) atoms. The number of sulfonamides is 1. The molecule has 4 nitrogen and oxygen atoms in total. The summed E-state index contributed by atoms with van der Waals surface area (Å²) in [7, 11) is -3.75. The zero-order valence-corrected chi connectivity index (χ0v) is 13.4. The van der Waals surface area contributed by atoms with Crippen molar-refractivity contribution in [2.45, 2.75) is 39.5 Å². The lowest BCUT2D eigenvalue weighted by molar-refractivity contribution is 0.263. The van der Waals surface area contributed by atoms with Crippen molar-refractivity contribution in [2.75, 3.05) is 12.3 Å². The molecule has 0 aliphatic heterocycles. The molecule has 0 amide bonds. The average Bonchev–Trinajstić information content (AvgIpc) is 2.31. The number of nitrogen functional groups attached to an aromatic ring is 1. The molecule has 1 rings (SSSR count). The van der Waals surface area contributed by atoms with Gasteiger partial charge in [0.05, 0.1) is 4.90 Å². The lowest BCUT2D eigenvalue weighted by Gasteiger charge is -2.27. The Hall–Kier alpha value is -1.14. The highest BCUT2D eigenvalue weighted by atomic mass is 32.2. The molecule has 0 fully saturated rings. The molecular weight excluding hydrogens is 279 g/mol. The Bertz CT molecular complexity index is 569. The molecule has 1 unspecified atom stereocenters. The highest BCUT2D eigenvalue weighted by Crippen LogP contribution is 2.25. The first kappa shape index (κ1) is 16.9. The predicted octanol–water partition coefficient (Wildman–Crippen LogP) is 2.68. The van der Waals surface area contributed by atoms with E-state index in [4.69, 9.17) is 5.73 Å². The summed E-state index contributed by atoms with van der Waals surface area (Å²) < 4.78 is 40.4. The number of nitrogens with two attached hydrogens (primary N) is 1. The molecule has 0 bridgehead atoms.